The van der Waals surface area contributed by atoms with Crippen LogP contribution in [0.5, 0.6) is 0 Å². The van der Waals surface area contributed by atoms with Crippen LogP contribution >= 0.6 is 0 Å². The van der Waals surface area contributed by atoms with E-state index in [2.05, 4.69) is 0 Å². The number of aliphatic hydroxyl groups excluding tert-OH is 1. The number of aliphatic hydroxyl groups is 1. The molecule has 0 aromatic rings. The van der Waals surface area contributed by atoms with E-state index in [4.69, 9.17) is 14.7 Å². The monoisotopic (exact) mass is 256 g/mol. The largest absolute Gasteiger partial charge is 0.444 e. The van der Waals surface area contributed by atoms with Crippen molar-refractivity contribution in [2.75, 3.05) is 6.61 Å². The smallest absolute Gasteiger partial charge is 0.413 e. The fraction of sp³-hybridized carbons (Fsp3) is 0.833. The summed E-state index contributed by atoms with van der Waals surface area (Å²) in [7, 11) is 0. The molecule has 0 saturated carbocycles. The lowest BCUT2D eigenvalue weighted by atomic mass is 10.1. The minimum Gasteiger partial charge on any atom is -0.444 e. The van der Waals surface area contributed by atoms with Crippen molar-refractivity contribution in [3.8, 4) is 6.07 Å². The van der Waals surface area contributed by atoms with Crippen LogP contribution in [0.25, 0.3) is 0 Å². The number of carbonyl (C=O) groups excluding carboxylic acids is 1. The van der Waals surface area contributed by atoms with E-state index in [9.17, 15) is 9.90 Å². The molecule has 1 heterocycles. The van der Waals surface area contributed by atoms with Gasteiger partial charge in [0.15, 0.2) is 6.10 Å². The summed E-state index contributed by atoms with van der Waals surface area (Å²) >= 11 is 0. The molecule has 18 heavy (non-hydrogen) atoms. The van der Waals surface area contributed by atoms with Crippen molar-refractivity contribution in [2.24, 2.45) is 0 Å². The molecule has 1 fully saturated rings. The number of nitrogens with zero attached hydrogens (tertiary/aromatic N) is 2. The van der Waals surface area contributed by atoms with E-state index in [0.29, 0.717) is 0 Å². The lowest BCUT2D eigenvalue weighted by molar-refractivity contribution is -0.0658. The Bertz CT molecular complexity index is 367. The molecule has 6 heteroatoms. The molecular formula is C12H20N2O4. The highest BCUT2D eigenvalue weighted by Gasteiger charge is 2.48. The lowest BCUT2D eigenvalue weighted by Crippen LogP contribution is -2.53. The molecule has 0 spiro atoms. The third-order valence-electron chi connectivity index (χ3n) is 2.61. The van der Waals surface area contributed by atoms with Crippen LogP contribution in [0.15, 0.2) is 0 Å². The van der Waals surface area contributed by atoms with E-state index >= 15 is 0 Å². The van der Waals surface area contributed by atoms with Gasteiger partial charge in [0.2, 0.25) is 0 Å². The lowest BCUT2D eigenvalue weighted by Gasteiger charge is -2.35. The topological polar surface area (TPSA) is 82.8 Å². The Morgan fingerprint density at radius 2 is 2.17 bits per heavy atom. The van der Waals surface area contributed by atoms with Crippen LogP contribution in [0.3, 0.4) is 0 Å². The summed E-state index contributed by atoms with van der Waals surface area (Å²) in [5.74, 6) is 0. The number of amides is 1. The maximum atomic E-state index is 12.1. The van der Waals surface area contributed by atoms with Gasteiger partial charge in [0, 0.05) is 0 Å². The van der Waals surface area contributed by atoms with E-state index in [-0.39, 0.29) is 6.61 Å². The van der Waals surface area contributed by atoms with Gasteiger partial charge >= 0.3 is 6.09 Å². The zero-order valence-corrected chi connectivity index (χ0v) is 11.4. The van der Waals surface area contributed by atoms with Crippen molar-refractivity contribution in [1.82, 2.24) is 4.90 Å². The Labute approximate surface area is 107 Å². The Morgan fingerprint density at radius 3 is 2.61 bits per heavy atom. The number of hydrogen-bond acceptors (Lipinski definition) is 5. The second-order valence-electron chi connectivity index (χ2n) is 5.75. The van der Waals surface area contributed by atoms with E-state index in [0.717, 1.165) is 0 Å². The molecule has 0 bridgehead atoms. The van der Waals surface area contributed by atoms with E-state index in [1.807, 2.05) is 0 Å². The molecular weight excluding hydrogens is 236 g/mol. The summed E-state index contributed by atoms with van der Waals surface area (Å²) in [6.07, 6.45) is -1.89. The second kappa shape index (κ2) is 4.75. The van der Waals surface area contributed by atoms with Crippen LogP contribution in [0.1, 0.15) is 34.6 Å². The first-order valence-electron chi connectivity index (χ1n) is 5.82. The number of carbonyl (C=O) groups is 1. The van der Waals surface area contributed by atoms with Gasteiger partial charge in [-0.2, -0.15) is 5.26 Å². The Balaban J connectivity index is 2.93. The Kier molecular flexibility index (Phi) is 3.89. The van der Waals surface area contributed by atoms with Gasteiger partial charge in [-0.25, -0.2) is 4.79 Å². The summed E-state index contributed by atoms with van der Waals surface area (Å²) in [5.41, 5.74) is -1.54. The SMILES string of the molecule is CC(C)(C)OC(=O)N1[C@H]([C@H](O)C#N)COC1(C)C. The summed E-state index contributed by atoms with van der Waals surface area (Å²) in [6.45, 7) is 8.77. The van der Waals surface area contributed by atoms with Crippen LogP contribution in [0.4, 0.5) is 4.79 Å². The summed E-state index contributed by atoms with van der Waals surface area (Å²) in [5, 5.41) is 18.4. The summed E-state index contributed by atoms with van der Waals surface area (Å²) in [4.78, 5) is 13.4. The highest BCUT2D eigenvalue weighted by atomic mass is 16.6. The van der Waals surface area contributed by atoms with E-state index in [1.165, 1.54) is 4.90 Å². The average Bonchev–Trinajstić information content (AvgIpc) is 2.50. The molecule has 102 valence electrons. The van der Waals surface area contributed by atoms with Gasteiger partial charge in [0.1, 0.15) is 17.4 Å². The number of hydrogen-bond donors (Lipinski definition) is 1. The molecule has 0 aromatic carbocycles. The minimum absolute atomic E-state index is 0.112. The van der Waals surface area contributed by atoms with Gasteiger partial charge in [-0.05, 0) is 34.6 Å². The molecule has 1 N–H and O–H groups in total. The van der Waals surface area contributed by atoms with Crippen molar-refractivity contribution in [3.05, 3.63) is 0 Å². The van der Waals surface area contributed by atoms with Gasteiger partial charge in [-0.3, -0.25) is 4.90 Å². The van der Waals surface area contributed by atoms with Gasteiger partial charge in [0.25, 0.3) is 0 Å². The van der Waals surface area contributed by atoms with E-state index in [1.54, 1.807) is 40.7 Å². The number of ether oxygens (including phenoxy) is 2. The minimum atomic E-state index is -1.29. The third-order valence-corrected chi connectivity index (χ3v) is 2.61. The molecule has 0 aliphatic carbocycles. The normalized spacial score (nSPS) is 24.5. The quantitative estimate of drug-likeness (QED) is 0.714. The number of rotatable bonds is 1. The highest BCUT2D eigenvalue weighted by Crippen LogP contribution is 2.30. The molecule has 1 aliphatic rings. The Morgan fingerprint density at radius 1 is 1.61 bits per heavy atom. The first-order valence-corrected chi connectivity index (χ1v) is 5.82. The molecule has 1 aliphatic heterocycles. The molecule has 0 unspecified atom stereocenters. The van der Waals surface area contributed by atoms with Crippen molar-refractivity contribution in [3.63, 3.8) is 0 Å². The molecule has 0 aromatic heterocycles. The average molecular weight is 256 g/mol. The summed E-state index contributed by atoms with van der Waals surface area (Å²) < 4.78 is 10.7. The van der Waals surface area contributed by atoms with Crippen LogP contribution in [0, 0.1) is 11.3 Å². The molecule has 2 atom stereocenters. The molecule has 1 saturated heterocycles. The van der Waals surface area contributed by atoms with E-state index < -0.39 is 29.6 Å². The molecule has 6 nitrogen and oxygen atoms in total. The standard InChI is InChI=1S/C12H20N2O4/c1-11(2,3)18-10(16)14-8(9(15)6-13)7-17-12(14,4)5/h8-9,15H,7H2,1-5H3/t8-,9+/m0/s1. The van der Waals surface area contributed by atoms with Crippen LogP contribution in [-0.2, 0) is 9.47 Å². The van der Waals surface area contributed by atoms with Crippen molar-refractivity contribution >= 4 is 6.09 Å². The maximum Gasteiger partial charge on any atom is 0.413 e. The fourth-order valence-electron chi connectivity index (χ4n) is 1.82. The number of nitriles is 1. The van der Waals surface area contributed by atoms with Crippen molar-refractivity contribution < 1.29 is 19.4 Å². The zero-order chi connectivity index (χ0) is 14.1. The second-order valence-corrected chi connectivity index (χ2v) is 5.75. The van der Waals surface area contributed by atoms with Crippen LogP contribution in [0.2, 0.25) is 0 Å². The third kappa shape index (κ3) is 3.12. The summed E-state index contributed by atoms with van der Waals surface area (Å²) in [6, 6.07) is 1.01. The van der Waals surface area contributed by atoms with Gasteiger partial charge in [0.05, 0.1) is 12.7 Å². The molecule has 1 rings (SSSR count). The predicted molar refractivity (Wildman–Crippen MR) is 63.5 cm³/mol. The highest BCUT2D eigenvalue weighted by molar-refractivity contribution is 5.70. The van der Waals surface area contributed by atoms with Gasteiger partial charge in [-0.1, -0.05) is 0 Å². The van der Waals surface area contributed by atoms with Crippen molar-refractivity contribution in [1.29, 1.82) is 5.26 Å². The zero-order valence-electron chi connectivity index (χ0n) is 11.4. The Hall–Kier alpha value is -1.32. The molecule has 1 amide bonds. The predicted octanol–water partition coefficient (Wildman–Crippen LogP) is 1.24. The first-order chi connectivity index (χ1) is 8.08. The van der Waals surface area contributed by atoms with Crippen LogP contribution < -0.4 is 0 Å². The van der Waals surface area contributed by atoms with Gasteiger partial charge < -0.3 is 14.6 Å². The first kappa shape index (κ1) is 14.7. The van der Waals surface area contributed by atoms with Gasteiger partial charge in [-0.15, -0.1) is 0 Å². The maximum absolute atomic E-state index is 12.1. The fourth-order valence-corrected chi connectivity index (χ4v) is 1.82. The van der Waals surface area contributed by atoms with Crippen LogP contribution in [-0.4, -0.2) is 46.2 Å². The van der Waals surface area contributed by atoms with Crippen molar-refractivity contribution in [2.45, 2.75) is 58.1 Å². The molecule has 0 radical (unpaired) electrons.